The van der Waals surface area contributed by atoms with E-state index >= 15 is 0 Å². The van der Waals surface area contributed by atoms with Crippen LogP contribution in [-0.2, 0) is 0 Å². The number of rotatable bonds is 6. The molecular formula is C18H17Cl2NO2. The Morgan fingerprint density at radius 1 is 1.13 bits per heavy atom. The first kappa shape index (κ1) is 17.4. The molecule has 0 aliphatic heterocycles. The molecule has 1 N–H and O–H groups in total. The Labute approximate surface area is 145 Å². The summed E-state index contributed by atoms with van der Waals surface area (Å²) in [5, 5.41) is 4.15. The van der Waals surface area contributed by atoms with E-state index in [4.69, 9.17) is 27.9 Å². The van der Waals surface area contributed by atoms with Crippen molar-refractivity contribution in [1.29, 1.82) is 0 Å². The highest BCUT2D eigenvalue weighted by molar-refractivity contribution is 6.42. The molecule has 0 unspecified atom stereocenters. The molecular weight excluding hydrogens is 333 g/mol. The Bertz CT molecular complexity index is 724. The molecule has 0 radical (unpaired) electrons. The van der Waals surface area contributed by atoms with Crippen LogP contribution in [0, 0.1) is 0 Å². The number of carbonyl (C=O) groups excluding carboxylic acids is 1. The largest absolute Gasteiger partial charge is 0.497 e. The first-order valence-electron chi connectivity index (χ1n) is 7.14. The molecule has 2 aromatic rings. The van der Waals surface area contributed by atoms with Gasteiger partial charge in [0.05, 0.1) is 17.2 Å². The Balaban J connectivity index is 2.16. The van der Waals surface area contributed by atoms with Gasteiger partial charge in [0.2, 0.25) is 0 Å². The molecule has 0 aromatic heterocycles. The molecule has 0 fully saturated rings. The zero-order valence-corrected chi connectivity index (χ0v) is 14.4. The summed E-state index contributed by atoms with van der Waals surface area (Å²) in [6.45, 7) is 1.97. The quantitative estimate of drug-likeness (QED) is 0.545. The second-order valence-corrected chi connectivity index (χ2v) is 5.68. The van der Waals surface area contributed by atoms with E-state index in [1.54, 1.807) is 49.6 Å². The summed E-state index contributed by atoms with van der Waals surface area (Å²) in [4.78, 5) is 12.3. The van der Waals surface area contributed by atoms with Crippen LogP contribution in [-0.4, -0.2) is 12.9 Å². The van der Waals surface area contributed by atoms with E-state index in [1.165, 1.54) is 0 Å². The van der Waals surface area contributed by atoms with Crippen molar-refractivity contribution in [3.8, 4) is 5.75 Å². The molecule has 0 amide bonds. The fourth-order valence-electron chi connectivity index (χ4n) is 1.98. The van der Waals surface area contributed by atoms with E-state index in [0.29, 0.717) is 22.0 Å². The minimum Gasteiger partial charge on any atom is -0.497 e. The summed E-state index contributed by atoms with van der Waals surface area (Å²) >= 11 is 11.9. The van der Waals surface area contributed by atoms with Gasteiger partial charge in [-0.2, -0.15) is 0 Å². The van der Waals surface area contributed by atoms with Crippen LogP contribution in [0.2, 0.25) is 10.0 Å². The molecule has 2 rings (SSSR count). The number of allylic oxidation sites excluding steroid dienone is 2. The van der Waals surface area contributed by atoms with Gasteiger partial charge in [-0.15, -0.1) is 0 Å². The highest BCUT2D eigenvalue weighted by Gasteiger charge is 2.06. The maximum atomic E-state index is 12.3. The molecule has 23 heavy (non-hydrogen) atoms. The third-order valence-corrected chi connectivity index (χ3v) is 4.02. The summed E-state index contributed by atoms with van der Waals surface area (Å²) in [7, 11) is 1.59. The van der Waals surface area contributed by atoms with Crippen molar-refractivity contribution in [2.75, 3.05) is 12.4 Å². The van der Waals surface area contributed by atoms with Crippen LogP contribution >= 0.6 is 23.2 Å². The number of ether oxygens (including phenoxy) is 1. The van der Waals surface area contributed by atoms with Crippen LogP contribution in [0.15, 0.2) is 54.2 Å². The Morgan fingerprint density at radius 3 is 2.39 bits per heavy atom. The fraction of sp³-hybridized carbons (Fsp3) is 0.167. The van der Waals surface area contributed by atoms with Crippen molar-refractivity contribution < 1.29 is 9.53 Å². The summed E-state index contributed by atoms with van der Waals surface area (Å²) in [5.41, 5.74) is 2.19. The monoisotopic (exact) mass is 349 g/mol. The zero-order valence-electron chi connectivity index (χ0n) is 12.9. The topological polar surface area (TPSA) is 38.3 Å². The molecule has 0 saturated carbocycles. The van der Waals surface area contributed by atoms with Crippen LogP contribution in [0.5, 0.6) is 5.75 Å². The molecule has 3 nitrogen and oxygen atoms in total. The average molecular weight is 350 g/mol. The lowest BCUT2D eigenvalue weighted by molar-refractivity contribution is 0.104. The molecule has 0 aliphatic rings. The molecule has 0 heterocycles. The van der Waals surface area contributed by atoms with Gasteiger partial charge in [-0.25, -0.2) is 0 Å². The van der Waals surface area contributed by atoms with Crippen LogP contribution < -0.4 is 10.1 Å². The summed E-state index contributed by atoms with van der Waals surface area (Å²) < 4.78 is 5.09. The predicted molar refractivity (Wildman–Crippen MR) is 95.8 cm³/mol. The molecule has 120 valence electrons. The minimum atomic E-state index is -0.0722. The lowest BCUT2D eigenvalue weighted by Crippen LogP contribution is -2.03. The minimum absolute atomic E-state index is 0.0722. The molecule has 2 aromatic carbocycles. The highest BCUT2D eigenvalue weighted by Crippen LogP contribution is 2.26. The number of carbonyl (C=O) groups is 1. The van der Waals surface area contributed by atoms with E-state index < -0.39 is 0 Å². The zero-order chi connectivity index (χ0) is 16.8. The number of hydrogen-bond donors (Lipinski definition) is 1. The van der Waals surface area contributed by atoms with Crippen LogP contribution in [0.1, 0.15) is 23.7 Å². The number of halogens is 2. The Kier molecular flexibility index (Phi) is 6.08. The lowest BCUT2D eigenvalue weighted by atomic mass is 10.1. The van der Waals surface area contributed by atoms with Crippen LogP contribution in [0.3, 0.4) is 0 Å². The Morgan fingerprint density at radius 2 is 1.83 bits per heavy atom. The number of anilines is 1. The SMILES string of the molecule is CC/C(=C/C(=O)c1ccc(OC)cc1)Nc1ccc(Cl)c(Cl)c1. The normalized spacial score (nSPS) is 11.2. The van der Waals surface area contributed by atoms with Crippen molar-refractivity contribution in [3.63, 3.8) is 0 Å². The van der Waals surface area contributed by atoms with E-state index in [2.05, 4.69) is 5.32 Å². The molecule has 0 bridgehead atoms. The van der Waals surface area contributed by atoms with Crippen molar-refractivity contribution >= 4 is 34.7 Å². The fourth-order valence-corrected chi connectivity index (χ4v) is 2.28. The molecule has 0 atom stereocenters. The van der Waals surface area contributed by atoms with Crippen molar-refractivity contribution in [1.82, 2.24) is 0 Å². The van der Waals surface area contributed by atoms with E-state index in [1.807, 2.05) is 13.0 Å². The van der Waals surface area contributed by atoms with E-state index in [9.17, 15) is 4.79 Å². The third-order valence-electron chi connectivity index (χ3n) is 3.29. The van der Waals surface area contributed by atoms with Crippen molar-refractivity contribution in [2.45, 2.75) is 13.3 Å². The van der Waals surface area contributed by atoms with Gasteiger partial charge < -0.3 is 10.1 Å². The van der Waals surface area contributed by atoms with Gasteiger partial charge in [0.15, 0.2) is 5.78 Å². The van der Waals surface area contributed by atoms with Crippen molar-refractivity contribution in [3.05, 3.63) is 69.8 Å². The standard InChI is InChI=1S/C18H17Cl2NO2/c1-3-13(21-14-6-9-16(19)17(20)10-14)11-18(22)12-4-7-15(23-2)8-5-12/h4-11,21H,3H2,1-2H3/b13-11-. The van der Waals surface area contributed by atoms with E-state index in [0.717, 1.165) is 17.1 Å². The predicted octanol–water partition coefficient (Wildman–Crippen LogP) is 5.59. The Hall–Kier alpha value is -1.97. The number of ketones is 1. The van der Waals surface area contributed by atoms with Gasteiger partial charge in [-0.05, 0) is 48.9 Å². The second kappa shape index (κ2) is 8.04. The van der Waals surface area contributed by atoms with Gasteiger partial charge >= 0.3 is 0 Å². The first-order valence-corrected chi connectivity index (χ1v) is 7.90. The van der Waals surface area contributed by atoms with Gasteiger partial charge in [-0.1, -0.05) is 30.1 Å². The molecule has 5 heteroatoms. The number of methoxy groups -OCH3 is 1. The summed E-state index contributed by atoms with van der Waals surface area (Å²) in [5.74, 6) is 0.646. The molecule has 0 aliphatic carbocycles. The van der Waals surface area contributed by atoms with Gasteiger partial charge in [0, 0.05) is 23.0 Å². The number of hydrogen-bond acceptors (Lipinski definition) is 3. The molecule has 0 saturated heterocycles. The smallest absolute Gasteiger partial charge is 0.187 e. The molecule has 0 spiro atoms. The maximum Gasteiger partial charge on any atom is 0.187 e. The van der Waals surface area contributed by atoms with Gasteiger partial charge in [0.1, 0.15) is 5.75 Å². The van der Waals surface area contributed by atoms with Gasteiger partial charge in [0.25, 0.3) is 0 Å². The maximum absolute atomic E-state index is 12.3. The van der Waals surface area contributed by atoms with Crippen LogP contribution in [0.25, 0.3) is 0 Å². The summed E-state index contributed by atoms with van der Waals surface area (Å²) in [6, 6.07) is 12.3. The van der Waals surface area contributed by atoms with Crippen LogP contribution in [0.4, 0.5) is 5.69 Å². The second-order valence-electron chi connectivity index (χ2n) is 4.87. The van der Waals surface area contributed by atoms with E-state index in [-0.39, 0.29) is 5.78 Å². The number of nitrogens with one attached hydrogen (secondary N) is 1. The average Bonchev–Trinajstić information content (AvgIpc) is 2.57. The third kappa shape index (κ3) is 4.75. The van der Waals surface area contributed by atoms with Gasteiger partial charge in [-0.3, -0.25) is 4.79 Å². The van der Waals surface area contributed by atoms with Crippen molar-refractivity contribution in [2.24, 2.45) is 0 Å². The first-order chi connectivity index (χ1) is 11.0. The number of benzene rings is 2. The summed E-state index contributed by atoms with van der Waals surface area (Å²) in [6.07, 6.45) is 2.27. The highest BCUT2D eigenvalue weighted by atomic mass is 35.5. The lowest BCUT2D eigenvalue weighted by Gasteiger charge is -2.10.